The summed E-state index contributed by atoms with van der Waals surface area (Å²) < 4.78 is 11.5. The SMILES string of the molecule is COc1ncccc1COC(=O)Cn1cnc(N)n1. The predicted octanol–water partition coefficient (Wildman–Crippen LogP) is 0.00730. The molecular weight excluding hydrogens is 250 g/mol. The minimum atomic E-state index is -0.448. The number of methoxy groups -OCH3 is 1. The fourth-order valence-electron chi connectivity index (χ4n) is 1.44. The molecule has 0 saturated heterocycles. The number of carbonyl (C=O) groups excluding carboxylic acids is 1. The highest BCUT2D eigenvalue weighted by molar-refractivity contribution is 5.69. The molecule has 2 rings (SSSR count). The smallest absolute Gasteiger partial charge is 0.328 e. The Labute approximate surface area is 109 Å². The topological polar surface area (TPSA) is 105 Å². The first-order chi connectivity index (χ1) is 9.19. The van der Waals surface area contributed by atoms with Gasteiger partial charge in [-0.2, -0.15) is 0 Å². The van der Waals surface area contributed by atoms with Crippen molar-refractivity contribution >= 4 is 11.9 Å². The van der Waals surface area contributed by atoms with E-state index in [1.807, 2.05) is 0 Å². The number of ether oxygens (including phenoxy) is 2. The van der Waals surface area contributed by atoms with Crippen LogP contribution in [0.1, 0.15) is 5.56 Å². The van der Waals surface area contributed by atoms with Gasteiger partial charge in [-0.05, 0) is 12.1 Å². The lowest BCUT2D eigenvalue weighted by Gasteiger charge is -2.07. The van der Waals surface area contributed by atoms with Crippen molar-refractivity contribution in [2.24, 2.45) is 0 Å². The Bertz CT molecular complexity index is 569. The highest BCUT2D eigenvalue weighted by Crippen LogP contribution is 2.14. The molecule has 2 aromatic rings. The zero-order valence-electron chi connectivity index (χ0n) is 10.3. The van der Waals surface area contributed by atoms with Gasteiger partial charge in [0.05, 0.1) is 12.7 Å². The van der Waals surface area contributed by atoms with E-state index >= 15 is 0 Å². The van der Waals surface area contributed by atoms with Gasteiger partial charge >= 0.3 is 5.97 Å². The molecule has 0 unspecified atom stereocenters. The molecule has 0 aliphatic heterocycles. The molecule has 0 amide bonds. The summed E-state index contributed by atoms with van der Waals surface area (Å²) in [6.45, 7) is 0.0345. The Hall–Kier alpha value is -2.64. The molecule has 2 heterocycles. The van der Waals surface area contributed by atoms with E-state index in [2.05, 4.69) is 15.1 Å². The summed E-state index contributed by atoms with van der Waals surface area (Å²) in [7, 11) is 1.51. The number of rotatable bonds is 5. The van der Waals surface area contributed by atoms with Gasteiger partial charge in [0.25, 0.3) is 0 Å². The summed E-state index contributed by atoms with van der Waals surface area (Å²) in [4.78, 5) is 19.3. The van der Waals surface area contributed by atoms with Gasteiger partial charge in [-0.3, -0.25) is 4.79 Å². The van der Waals surface area contributed by atoms with Crippen LogP contribution in [0.4, 0.5) is 5.95 Å². The van der Waals surface area contributed by atoms with Crippen molar-refractivity contribution in [1.29, 1.82) is 0 Å². The third kappa shape index (κ3) is 3.41. The molecule has 0 fully saturated rings. The van der Waals surface area contributed by atoms with Crippen LogP contribution in [-0.2, 0) is 22.7 Å². The van der Waals surface area contributed by atoms with E-state index in [4.69, 9.17) is 15.2 Å². The Morgan fingerprint density at radius 3 is 3.00 bits per heavy atom. The predicted molar refractivity (Wildman–Crippen MR) is 65.0 cm³/mol. The summed E-state index contributed by atoms with van der Waals surface area (Å²) in [5.74, 6) is 0.0952. The average molecular weight is 263 g/mol. The Morgan fingerprint density at radius 2 is 2.32 bits per heavy atom. The second-order valence-electron chi connectivity index (χ2n) is 3.63. The number of aromatic nitrogens is 4. The first-order valence-corrected chi connectivity index (χ1v) is 5.47. The van der Waals surface area contributed by atoms with Crippen LogP contribution >= 0.6 is 0 Å². The van der Waals surface area contributed by atoms with E-state index in [1.54, 1.807) is 18.3 Å². The van der Waals surface area contributed by atoms with Crippen molar-refractivity contribution in [3.63, 3.8) is 0 Å². The number of nitrogen functional groups attached to an aromatic ring is 1. The van der Waals surface area contributed by atoms with Gasteiger partial charge in [0.15, 0.2) is 0 Å². The standard InChI is InChI=1S/C11H13N5O3/c1-18-10-8(3-2-4-13-10)6-19-9(17)5-16-7-14-11(12)15-16/h2-4,7H,5-6H2,1H3,(H2,12,15). The van der Waals surface area contributed by atoms with E-state index in [9.17, 15) is 4.79 Å². The largest absolute Gasteiger partial charge is 0.481 e. The molecule has 100 valence electrons. The van der Waals surface area contributed by atoms with Crippen molar-refractivity contribution < 1.29 is 14.3 Å². The highest BCUT2D eigenvalue weighted by Gasteiger charge is 2.09. The van der Waals surface area contributed by atoms with Gasteiger partial charge in [-0.1, -0.05) is 0 Å². The fourth-order valence-corrected chi connectivity index (χ4v) is 1.44. The lowest BCUT2D eigenvalue weighted by Crippen LogP contribution is -2.14. The first kappa shape index (κ1) is 12.8. The lowest BCUT2D eigenvalue weighted by atomic mass is 10.3. The maximum atomic E-state index is 11.6. The molecule has 0 aliphatic carbocycles. The minimum absolute atomic E-state index is 0.0488. The van der Waals surface area contributed by atoms with Gasteiger partial charge in [-0.25, -0.2) is 14.6 Å². The number of anilines is 1. The van der Waals surface area contributed by atoms with E-state index in [0.29, 0.717) is 11.4 Å². The maximum absolute atomic E-state index is 11.6. The van der Waals surface area contributed by atoms with Crippen LogP contribution < -0.4 is 10.5 Å². The van der Waals surface area contributed by atoms with E-state index in [0.717, 1.165) is 0 Å². The van der Waals surface area contributed by atoms with Crippen LogP contribution in [0, 0.1) is 0 Å². The van der Waals surface area contributed by atoms with E-state index < -0.39 is 5.97 Å². The molecule has 0 spiro atoms. The third-order valence-electron chi connectivity index (χ3n) is 2.28. The average Bonchev–Trinajstić information content (AvgIpc) is 2.82. The summed E-state index contributed by atoms with van der Waals surface area (Å²) in [6.07, 6.45) is 2.96. The van der Waals surface area contributed by atoms with Crippen molar-refractivity contribution in [1.82, 2.24) is 19.7 Å². The van der Waals surface area contributed by atoms with E-state index in [1.165, 1.54) is 18.1 Å². The molecule has 0 aromatic carbocycles. The second-order valence-corrected chi connectivity index (χ2v) is 3.63. The van der Waals surface area contributed by atoms with Crippen molar-refractivity contribution in [2.45, 2.75) is 13.2 Å². The first-order valence-electron chi connectivity index (χ1n) is 5.47. The number of carbonyl (C=O) groups is 1. The zero-order valence-corrected chi connectivity index (χ0v) is 10.3. The van der Waals surface area contributed by atoms with Crippen LogP contribution in [0.5, 0.6) is 5.88 Å². The normalized spacial score (nSPS) is 10.2. The Balaban J connectivity index is 1.89. The van der Waals surface area contributed by atoms with Crippen LogP contribution in [0.15, 0.2) is 24.7 Å². The number of pyridine rings is 1. The highest BCUT2D eigenvalue weighted by atomic mass is 16.5. The van der Waals surface area contributed by atoms with Crippen molar-refractivity contribution in [3.8, 4) is 5.88 Å². The van der Waals surface area contributed by atoms with Crippen LogP contribution in [-0.4, -0.2) is 32.8 Å². The molecule has 0 aliphatic rings. The van der Waals surface area contributed by atoms with Crippen LogP contribution in [0.25, 0.3) is 0 Å². The summed E-state index contributed by atoms with van der Waals surface area (Å²) in [5.41, 5.74) is 6.03. The van der Waals surface area contributed by atoms with Gasteiger partial charge in [0.1, 0.15) is 19.5 Å². The summed E-state index contributed by atoms with van der Waals surface area (Å²) >= 11 is 0. The second kappa shape index (κ2) is 5.80. The Kier molecular flexibility index (Phi) is 3.91. The molecule has 8 nitrogen and oxygen atoms in total. The van der Waals surface area contributed by atoms with Crippen LogP contribution in [0.3, 0.4) is 0 Å². The summed E-state index contributed by atoms with van der Waals surface area (Å²) in [6, 6.07) is 3.51. The third-order valence-corrected chi connectivity index (χ3v) is 2.28. The number of hydrogen-bond donors (Lipinski definition) is 1. The number of esters is 1. The van der Waals surface area contributed by atoms with Gasteiger partial charge in [-0.15, -0.1) is 5.10 Å². The molecule has 0 bridgehead atoms. The van der Waals surface area contributed by atoms with E-state index in [-0.39, 0.29) is 19.1 Å². The quantitative estimate of drug-likeness (QED) is 0.757. The van der Waals surface area contributed by atoms with Gasteiger partial charge in [0.2, 0.25) is 11.8 Å². The monoisotopic (exact) mass is 263 g/mol. The molecule has 8 heteroatoms. The van der Waals surface area contributed by atoms with Gasteiger partial charge < -0.3 is 15.2 Å². The molecule has 0 saturated carbocycles. The molecule has 2 N–H and O–H groups in total. The number of nitrogens with two attached hydrogens (primary N) is 1. The van der Waals surface area contributed by atoms with Crippen LogP contribution in [0.2, 0.25) is 0 Å². The maximum Gasteiger partial charge on any atom is 0.328 e. The molecule has 19 heavy (non-hydrogen) atoms. The lowest BCUT2D eigenvalue weighted by molar-refractivity contribution is -0.145. The fraction of sp³-hybridized carbons (Fsp3) is 0.273. The molecule has 0 atom stereocenters. The molecular formula is C11H13N5O3. The Morgan fingerprint density at radius 1 is 1.47 bits per heavy atom. The zero-order chi connectivity index (χ0) is 13.7. The molecule has 2 aromatic heterocycles. The summed E-state index contributed by atoms with van der Waals surface area (Å²) in [5, 5.41) is 3.78. The molecule has 0 radical (unpaired) electrons. The van der Waals surface area contributed by atoms with Crippen molar-refractivity contribution in [2.75, 3.05) is 12.8 Å². The minimum Gasteiger partial charge on any atom is -0.481 e. The van der Waals surface area contributed by atoms with Gasteiger partial charge in [0, 0.05) is 6.20 Å². The number of hydrogen-bond acceptors (Lipinski definition) is 7. The van der Waals surface area contributed by atoms with Crippen molar-refractivity contribution in [3.05, 3.63) is 30.2 Å². The number of nitrogens with zero attached hydrogens (tertiary/aromatic N) is 4.